The zero-order chi connectivity index (χ0) is 12.1. The Kier molecular flexibility index (Phi) is 4.52. The normalized spacial score (nSPS) is 10.5. The van der Waals surface area contributed by atoms with Crippen LogP contribution < -0.4 is 5.32 Å². The minimum absolute atomic E-state index is 0.0446. The number of nitrogens with zero attached hydrogens (tertiary/aromatic N) is 2. The number of halogens is 1. The lowest BCUT2D eigenvalue weighted by Crippen LogP contribution is -2.21. The van der Waals surface area contributed by atoms with Gasteiger partial charge < -0.3 is 10.2 Å². The Morgan fingerprint density at radius 1 is 1.50 bits per heavy atom. The Morgan fingerprint density at radius 3 is 2.75 bits per heavy atom. The van der Waals surface area contributed by atoms with Gasteiger partial charge in [0.1, 0.15) is 5.69 Å². The molecule has 1 aromatic rings. The van der Waals surface area contributed by atoms with Gasteiger partial charge >= 0.3 is 0 Å². The van der Waals surface area contributed by atoms with E-state index in [9.17, 15) is 10.1 Å². The van der Waals surface area contributed by atoms with Gasteiger partial charge in [-0.3, -0.25) is 10.1 Å². The van der Waals surface area contributed by atoms with Crippen LogP contribution in [-0.2, 0) is 0 Å². The number of nitro benzene ring substituents is 1. The van der Waals surface area contributed by atoms with Crippen LogP contribution in [0.5, 0.6) is 0 Å². The number of nitro groups is 1. The van der Waals surface area contributed by atoms with Gasteiger partial charge in [0.15, 0.2) is 0 Å². The van der Waals surface area contributed by atoms with Crippen molar-refractivity contribution in [2.45, 2.75) is 0 Å². The Balaban J connectivity index is 2.76. The molecule has 0 saturated carbocycles. The van der Waals surface area contributed by atoms with Crippen LogP contribution in [0.4, 0.5) is 11.4 Å². The SMILES string of the molecule is CN(C)CCNc1cc(Cl)ccc1[N+](=O)[O-]. The van der Waals surface area contributed by atoms with Crippen LogP contribution in [0.25, 0.3) is 0 Å². The van der Waals surface area contributed by atoms with Crippen LogP contribution in [0.1, 0.15) is 0 Å². The molecule has 0 aliphatic rings. The van der Waals surface area contributed by atoms with Crippen molar-refractivity contribution in [3.63, 3.8) is 0 Å². The van der Waals surface area contributed by atoms with Crippen LogP contribution in [0.15, 0.2) is 18.2 Å². The molecule has 1 N–H and O–H groups in total. The van der Waals surface area contributed by atoms with E-state index < -0.39 is 4.92 Å². The molecule has 1 aromatic carbocycles. The number of hydrogen-bond donors (Lipinski definition) is 1. The zero-order valence-corrected chi connectivity index (χ0v) is 9.99. The standard InChI is InChI=1S/C10H14ClN3O2/c1-13(2)6-5-12-9-7-8(11)3-4-10(9)14(15)16/h3-4,7,12H,5-6H2,1-2H3. The number of rotatable bonds is 5. The highest BCUT2D eigenvalue weighted by atomic mass is 35.5. The predicted molar refractivity (Wildman–Crippen MR) is 65.2 cm³/mol. The maximum absolute atomic E-state index is 10.7. The van der Waals surface area contributed by atoms with Gasteiger partial charge in [-0.05, 0) is 26.2 Å². The summed E-state index contributed by atoms with van der Waals surface area (Å²) in [7, 11) is 3.88. The number of hydrogen-bond acceptors (Lipinski definition) is 4. The molecule has 0 spiro atoms. The van der Waals surface area contributed by atoms with Crippen LogP contribution in [0, 0.1) is 10.1 Å². The Labute approximate surface area is 99.2 Å². The summed E-state index contributed by atoms with van der Waals surface area (Å²) in [4.78, 5) is 12.3. The van der Waals surface area contributed by atoms with Gasteiger partial charge in [-0.25, -0.2) is 0 Å². The maximum Gasteiger partial charge on any atom is 0.292 e. The molecule has 5 nitrogen and oxygen atoms in total. The van der Waals surface area contributed by atoms with Gasteiger partial charge in [0.25, 0.3) is 5.69 Å². The summed E-state index contributed by atoms with van der Waals surface area (Å²) >= 11 is 5.79. The Hall–Kier alpha value is -1.33. The summed E-state index contributed by atoms with van der Waals surface area (Å²) in [5, 5.41) is 14.2. The highest BCUT2D eigenvalue weighted by Crippen LogP contribution is 2.27. The fourth-order valence-corrected chi connectivity index (χ4v) is 1.40. The molecule has 6 heteroatoms. The second-order valence-corrected chi connectivity index (χ2v) is 4.09. The molecular formula is C10H14ClN3O2. The third-order valence-corrected chi connectivity index (χ3v) is 2.26. The molecule has 1 rings (SSSR count). The van der Waals surface area contributed by atoms with E-state index in [4.69, 9.17) is 11.6 Å². The molecule has 0 fully saturated rings. The quantitative estimate of drug-likeness (QED) is 0.636. The monoisotopic (exact) mass is 243 g/mol. The van der Waals surface area contributed by atoms with Crippen LogP contribution in [0.2, 0.25) is 5.02 Å². The molecule has 0 unspecified atom stereocenters. The molecule has 0 saturated heterocycles. The second-order valence-electron chi connectivity index (χ2n) is 3.65. The predicted octanol–water partition coefficient (Wildman–Crippen LogP) is 2.22. The molecule has 0 amide bonds. The van der Waals surface area contributed by atoms with Crippen molar-refractivity contribution in [3.8, 4) is 0 Å². The van der Waals surface area contributed by atoms with Crippen molar-refractivity contribution >= 4 is 23.0 Å². The minimum atomic E-state index is -0.422. The molecule has 0 aliphatic carbocycles. The van der Waals surface area contributed by atoms with Crippen LogP contribution >= 0.6 is 11.6 Å². The van der Waals surface area contributed by atoms with Crippen molar-refractivity contribution in [1.82, 2.24) is 4.90 Å². The third-order valence-electron chi connectivity index (χ3n) is 2.03. The van der Waals surface area contributed by atoms with Crippen molar-refractivity contribution < 1.29 is 4.92 Å². The van der Waals surface area contributed by atoms with Gasteiger partial charge in [-0.15, -0.1) is 0 Å². The fraction of sp³-hybridized carbons (Fsp3) is 0.400. The average molecular weight is 244 g/mol. The third kappa shape index (κ3) is 3.67. The molecule has 0 heterocycles. The lowest BCUT2D eigenvalue weighted by atomic mass is 10.2. The Morgan fingerprint density at radius 2 is 2.19 bits per heavy atom. The lowest BCUT2D eigenvalue weighted by molar-refractivity contribution is -0.384. The summed E-state index contributed by atoms with van der Waals surface area (Å²) in [6.45, 7) is 1.43. The minimum Gasteiger partial charge on any atom is -0.378 e. The first-order valence-corrected chi connectivity index (χ1v) is 5.21. The first-order valence-electron chi connectivity index (χ1n) is 4.83. The molecular weight excluding hydrogens is 230 g/mol. The summed E-state index contributed by atoms with van der Waals surface area (Å²) < 4.78 is 0. The summed E-state index contributed by atoms with van der Waals surface area (Å²) in [6, 6.07) is 4.48. The summed E-state index contributed by atoms with van der Waals surface area (Å²) in [5.74, 6) is 0. The van der Waals surface area contributed by atoms with E-state index in [1.54, 1.807) is 6.07 Å². The maximum atomic E-state index is 10.7. The molecule has 0 bridgehead atoms. The van der Waals surface area contributed by atoms with E-state index in [0.717, 1.165) is 6.54 Å². The highest BCUT2D eigenvalue weighted by Gasteiger charge is 2.13. The van der Waals surface area contributed by atoms with Gasteiger partial charge in [0.05, 0.1) is 4.92 Å². The van der Waals surface area contributed by atoms with Crippen molar-refractivity contribution in [1.29, 1.82) is 0 Å². The fourth-order valence-electron chi connectivity index (χ4n) is 1.22. The van der Waals surface area contributed by atoms with Gasteiger partial charge in [0.2, 0.25) is 0 Å². The zero-order valence-electron chi connectivity index (χ0n) is 9.24. The average Bonchev–Trinajstić information content (AvgIpc) is 2.16. The number of likely N-dealkylation sites (N-methyl/N-ethyl adjacent to an activating group) is 1. The highest BCUT2D eigenvalue weighted by molar-refractivity contribution is 6.31. The molecule has 0 atom stereocenters. The molecule has 16 heavy (non-hydrogen) atoms. The van der Waals surface area contributed by atoms with Crippen molar-refractivity contribution in [2.24, 2.45) is 0 Å². The van der Waals surface area contributed by atoms with E-state index in [2.05, 4.69) is 5.32 Å². The van der Waals surface area contributed by atoms with E-state index in [-0.39, 0.29) is 5.69 Å². The van der Waals surface area contributed by atoms with Gasteiger partial charge in [-0.2, -0.15) is 0 Å². The van der Waals surface area contributed by atoms with Crippen molar-refractivity contribution in [2.75, 3.05) is 32.5 Å². The second kappa shape index (κ2) is 5.67. The number of nitrogens with one attached hydrogen (secondary N) is 1. The van der Waals surface area contributed by atoms with E-state index in [0.29, 0.717) is 17.3 Å². The van der Waals surface area contributed by atoms with Gasteiger partial charge in [0, 0.05) is 24.2 Å². The largest absolute Gasteiger partial charge is 0.378 e. The van der Waals surface area contributed by atoms with Gasteiger partial charge in [-0.1, -0.05) is 11.6 Å². The first-order chi connectivity index (χ1) is 7.50. The van der Waals surface area contributed by atoms with Crippen LogP contribution in [0.3, 0.4) is 0 Å². The van der Waals surface area contributed by atoms with E-state index >= 15 is 0 Å². The number of anilines is 1. The number of benzene rings is 1. The molecule has 0 aromatic heterocycles. The molecule has 0 radical (unpaired) electrons. The van der Waals surface area contributed by atoms with Crippen LogP contribution in [-0.4, -0.2) is 37.0 Å². The smallest absolute Gasteiger partial charge is 0.292 e. The summed E-state index contributed by atoms with van der Waals surface area (Å²) in [6.07, 6.45) is 0. The lowest BCUT2D eigenvalue weighted by Gasteiger charge is -2.11. The topological polar surface area (TPSA) is 58.4 Å². The van der Waals surface area contributed by atoms with E-state index in [1.807, 2.05) is 19.0 Å². The summed E-state index contributed by atoms with van der Waals surface area (Å²) in [5.41, 5.74) is 0.502. The van der Waals surface area contributed by atoms with E-state index in [1.165, 1.54) is 12.1 Å². The molecule has 88 valence electrons. The molecule has 0 aliphatic heterocycles. The van der Waals surface area contributed by atoms with Crippen molar-refractivity contribution in [3.05, 3.63) is 33.3 Å². The Bertz CT molecular complexity index is 382. The first kappa shape index (κ1) is 12.7.